The van der Waals surface area contributed by atoms with Crippen LogP contribution in [0.4, 0.5) is 5.82 Å². The summed E-state index contributed by atoms with van der Waals surface area (Å²) < 4.78 is 2.23. The molecule has 1 saturated carbocycles. The molecule has 0 atom stereocenters. The van der Waals surface area contributed by atoms with Gasteiger partial charge in [0.1, 0.15) is 11.5 Å². The summed E-state index contributed by atoms with van der Waals surface area (Å²) in [5.74, 6) is 1.66. The van der Waals surface area contributed by atoms with Crippen molar-refractivity contribution in [1.29, 1.82) is 0 Å². The first-order chi connectivity index (χ1) is 9.15. The molecule has 3 heteroatoms. The van der Waals surface area contributed by atoms with Crippen molar-refractivity contribution in [3.63, 3.8) is 0 Å². The summed E-state index contributed by atoms with van der Waals surface area (Å²) in [4.78, 5) is 4.80. The number of anilines is 1. The predicted molar refractivity (Wildman–Crippen MR) is 79.9 cm³/mol. The standard InChI is InChI=1S/C16H23N3/c1-11(2)15-16(17-13-6-4-5-7-13)19-10-12(3)8-9-14(19)18-15/h8-11,13,17H,4-7H2,1-3H3. The van der Waals surface area contributed by atoms with E-state index in [0.717, 1.165) is 5.65 Å². The Morgan fingerprint density at radius 2 is 2.00 bits per heavy atom. The van der Waals surface area contributed by atoms with Gasteiger partial charge in [0.05, 0.1) is 5.69 Å². The molecule has 0 saturated heterocycles. The van der Waals surface area contributed by atoms with Gasteiger partial charge in [0, 0.05) is 12.2 Å². The molecule has 0 unspecified atom stereocenters. The maximum atomic E-state index is 4.80. The molecule has 0 aromatic carbocycles. The van der Waals surface area contributed by atoms with Gasteiger partial charge in [-0.1, -0.05) is 32.8 Å². The first-order valence-corrected chi connectivity index (χ1v) is 7.40. The Balaban J connectivity index is 2.06. The van der Waals surface area contributed by atoms with Crippen molar-refractivity contribution in [3.8, 4) is 0 Å². The summed E-state index contributed by atoms with van der Waals surface area (Å²) in [6, 6.07) is 4.87. The molecular weight excluding hydrogens is 234 g/mol. The van der Waals surface area contributed by atoms with Crippen molar-refractivity contribution in [2.45, 2.75) is 58.4 Å². The van der Waals surface area contributed by atoms with Crippen LogP contribution in [0.25, 0.3) is 5.65 Å². The molecule has 3 nitrogen and oxygen atoms in total. The Labute approximate surface area is 115 Å². The highest BCUT2D eigenvalue weighted by molar-refractivity contribution is 5.57. The lowest BCUT2D eigenvalue weighted by molar-refractivity contribution is 0.739. The van der Waals surface area contributed by atoms with E-state index in [1.807, 2.05) is 0 Å². The lowest BCUT2D eigenvalue weighted by Crippen LogP contribution is -2.17. The highest BCUT2D eigenvalue weighted by Gasteiger charge is 2.20. The van der Waals surface area contributed by atoms with Crippen molar-refractivity contribution >= 4 is 11.5 Å². The van der Waals surface area contributed by atoms with Crippen LogP contribution in [-0.2, 0) is 0 Å². The third-order valence-electron chi connectivity index (χ3n) is 4.04. The Bertz CT molecular complexity index is 577. The average Bonchev–Trinajstić information content (AvgIpc) is 2.98. The Kier molecular flexibility index (Phi) is 3.21. The second-order valence-electron chi connectivity index (χ2n) is 6.06. The fourth-order valence-corrected chi connectivity index (χ4v) is 2.98. The molecule has 102 valence electrons. The van der Waals surface area contributed by atoms with Crippen LogP contribution in [0.3, 0.4) is 0 Å². The zero-order valence-corrected chi connectivity index (χ0v) is 12.1. The molecule has 0 aliphatic heterocycles. The molecular formula is C16H23N3. The van der Waals surface area contributed by atoms with Crippen LogP contribution in [0.15, 0.2) is 18.3 Å². The number of fused-ring (bicyclic) bond motifs is 1. The third kappa shape index (κ3) is 2.34. The van der Waals surface area contributed by atoms with Crippen LogP contribution in [0.1, 0.15) is 56.7 Å². The van der Waals surface area contributed by atoms with Gasteiger partial charge in [-0.3, -0.25) is 4.40 Å². The number of aryl methyl sites for hydroxylation is 1. The summed E-state index contributed by atoms with van der Waals surface area (Å²) in [6.07, 6.45) is 7.47. The fraction of sp³-hybridized carbons (Fsp3) is 0.562. The molecule has 3 rings (SSSR count). The SMILES string of the molecule is Cc1ccc2nc(C(C)C)c(NC3CCCC3)n2c1. The maximum absolute atomic E-state index is 4.80. The zero-order valence-electron chi connectivity index (χ0n) is 12.1. The molecule has 19 heavy (non-hydrogen) atoms. The second-order valence-corrected chi connectivity index (χ2v) is 6.06. The quantitative estimate of drug-likeness (QED) is 0.896. The predicted octanol–water partition coefficient (Wildman–Crippen LogP) is 4.12. The van der Waals surface area contributed by atoms with E-state index < -0.39 is 0 Å². The van der Waals surface area contributed by atoms with Gasteiger partial charge in [0.15, 0.2) is 0 Å². The first-order valence-electron chi connectivity index (χ1n) is 7.40. The Morgan fingerprint density at radius 3 is 2.68 bits per heavy atom. The van der Waals surface area contributed by atoms with E-state index in [1.165, 1.54) is 42.8 Å². The number of nitrogens with zero attached hydrogens (tertiary/aromatic N) is 2. The highest BCUT2D eigenvalue weighted by Crippen LogP contribution is 2.29. The van der Waals surface area contributed by atoms with Gasteiger partial charge < -0.3 is 5.32 Å². The van der Waals surface area contributed by atoms with Gasteiger partial charge in [-0.15, -0.1) is 0 Å². The largest absolute Gasteiger partial charge is 0.367 e. The molecule has 1 fully saturated rings. The Hall–Kier alpha value is -1.51. The molecule has 0 spiro atoms. The molecule has 1 N–H and O–H groups in total. The number of rotatable bonds is 3. The van der Waals surface area contributed by atoms with Gasteiger partial charge in [0.2, 0.25) is 0 Å². The minimum atomic E-state index is 0.448. The van der Waals surface area contributed by atoms with Gasteiger partial charge >= 0.3 is 0 Å². The van der Waals surface area contributed by atoms with E-state index in [4.69, 9.17) is 4.98 Å². The van der Waals surface area contributed by atoms with E-state index >= 15 is 0 Å². The summed E-state index contributed by atoms with van der Waals surface area (Å²) in [7, 11) is 0. The summed E-state index contributed by atoms with van der Waals surface area (Å²) >= 11 is 0. The van der Waals surface area contributed by atoms with E-state index in [2.05, 4.69) is 48.8 Å². The molecule has 2 aromatic heterocycles. The smallest absolute Gasteiger partial charge is 0.138 e. The first kappa shape index (κ1) is 12.5. The van der Waals surface area contributed by atoms with Crippen LogP contribution >= 0.6 is 0 Å². The van der Waals surface area contributed by atoms with Crippen LogP contribution in [-0.4, -0.2) is 15.4 Å². The molecule has 0 bridgehead atoms. The van der Waals surface area contributed by atoms with Crippen molar-refractivity contribution in [2.24, 2.45) is 0 Å². The molecule has 2 heterocycles. The number of aromatic nitrogens is 2. The lowest BCUT2D eigenvalue weighted by atomic mass is 10.1. The molecule has 1 aliphatic carbocycles. The van der Waals surface area contributed by atoms with Crippen LogP contribution in [0, 0.1) is 6.92 Å². The van der Waals surface area contributed by atoms with E-state index in [9.17, 15) is 0 Å². The van der Waals surface area contributed by atoms with Gasteiger partial charge in [-0.2, -0.15) is 0 Å². The normalized spacial score (nSPS) is 16.6. The fourth-order valence-electron chi connectivity index (χ4n) is 2.98. The van der Waals surface area contributed by atoms with Crippen LogP contribution in [0.5, 0.6) is 0 Å². The molecule has 0 amide bonds. The minimum absolute atomic E-state index is 0.448. The Morgan fingerprint density at radius 1 is 1.26 bits per heavy atom. The third-order valence-corrected chi connectivity index (χ3v) is 4.04. The van der Waals surface area contributed by atoms with Gasteiger partial charge in [0.25, 0.3) is 0 Å². The van der Waals surface area contributed by atoms with E-state index in [-0.39, 0.29) is 0 Å². The second kappa shape index (κ2) is 4.87. The lowest BCUT2D eigenvalue weighted by Gasteiger charge is -2.16. The number of hydrogen-bond acceptors (Lipinski definition) is 2. The van der Waals surface area contributed by atoms with Gasteiger partial charge in [-0.05, 0) is 37.3 Å². The van der Waals surface area contributed by atoms with Crippen molar-refractivity contribution in [3.05, 3.63) is 29.6 Å². The highest BCUT2D eigenvalue weighted by atomic mass is 15.1. The summed E-state index contributed by atoms with van der Waals surface area (Å²) in [5.41, 5.74) is 3.52. The minimum Gasteiger partial charge on any atom is -0.367 e. The van der Waals surface area contributed by atoms with Crippen LogP contribution in [0.2, 0.25) is 0 Å². The monoisotopic (exact) mass is 257 g/mol. The van der Waals surface area contributed by atoms with Gasteiger partial charge in [-0.25, -0.2) is 4.98 Å². The number of imidazole rings is 1. The molecule has 2 aromatic rings. The molecule has 1 aliphatic rings. The van der Waals surface area contributed by atoms with Crippen molar-refractivity contribution < 1.29 is 0 Å². The van der Waals surface area contributed by atoms with E-state index in [0.29, 0.717) is 12.0 Å². The van der Waals surface area contributed by atoms with Crippen molar-refractivity contribution in [2.75, 3.05) is 5.32 Å². The number of pyridine rings is 1. The van der Waals surface area contributed by atoms with Crippen molar-refractivity contribution in [1.82, 2.24) is 9.38 Å². The summed E-state index contributed by atoms with van der Waals surface area (Å²) in [6.45, 7) is 6.57. The van der Waals surface area contributed by atoms with E-state index in [1.54, 1.807) is 0 Å². The number of nitrogens with one attached hydrogen (secondary N) is 1. The molecule has 0 radical (unpaired) electrons. The average molecular weight is 257 g/mol. The maximum Gasteiger partial charge on any atom is 0.138 e. The topological polar surface area (TPSA) is 29.3 Å². The zero-order chi connectivity index (χ0) is 13.4. The van der Waals surface area contributed by atoms with Crippen LogP contribution < -0.4 is 5.32 Å². The summed E-state index contributed by atoms with van der Waals surface area (Å²) in [5, 5.41) is 3.74. The number of hydrogen-bond donors (Lipinski definition) is 1.